The van der Waals surface area contributed by atoms with Gasteiger partial charge in [-0.05, 0) is 90.6 Å². The smallest absolute Gasteiger partial charge is 0.0746 e. The van der Waals surface area contributed by atoms with E-state index in [1.54, 1.807) is 0 Å². The minimum absolute atomic E-state index is 0.231. The molecule has 19 heavy (non-hydrogen) atoms. The molecule has 4 aliphatic rings. The highest BCUT2D eigenvalue weighted by Gasteiger charge is 2.54. The summed E-state index contributed by atoms with van der Waals surface area (Å²) in [6.07, 6.45) is 8.64. The molecular formula is C16H20BrClS. The molecule has 3 heteroatoms. The Labute approximate surface area is 133 Å². The summed E-state index contributed by atoms with van der Waals surface area (Å²) in [4.78, 5) is 2.76. The molecule has 0 spiro atoms. The average Bonchev–Trinajstić information content (AvgIpc) is 2.65. The second kappa shape index (κ2) is 4.48. The van der Waals surface area contributed by atoms with Crippen LogP contribution in [0, 0.1) is 30.1 Å². The first kappa shape index (κ1) is 13.2. The molecule has 0 nitrogen and oxygen atoms in total. The average molecular weight is 360 g/mol. The number of alkyl halides is 1. The molecule has 1 unspecified atom stereocenters. The summed E-state index contributed by atoms with van der Waals surface area (Å²) in [7, 11) is 0. The van der Waals surface area contributed by atoms with E-state index in [1.165, 1.54) is 52.8 Å². The van der Waals surface area contributed by atoms with E-state index >= 15 is 0 Å². The van der Waals surface area contributed by atoms with Crippen LogP contribution in [0.25, 0.3) is 0 Å². The standard InChI is InChI=1S/C16H20BrClS/c1-9-2-13(17)14(19-9)15(18)16-6-10-3-11(7-16)5-12(4-10)8-16/h2,10-12,15H,3-8H2,1H3. The van der Waals surface area contributed by atoms with Gasteiger partial charge in [0.25, 0.3) is 0 Å². The van der Waals surface area contributed by atoms with E-state index in [-0.39, 0.29) is 5.38 Å². The van der Waals surface area contributed by atoms with Gasteiger partial charge >= 0.3 is 0 Å². The number of hydrogen-bond acceptors (Lipinski definition) is 1. The fourth-order valence-electron chi connectivity index (χ4n) is 5.44. The van der Waals surface area contributed by atoms with Crippen molar-refractivity contribution in [1.29, 1.82) is 0 Å². The lowest BCUT2D eigenvalue weighted by Crippen LogP contribution is -2.47. The first-order valence-electron chi connectivity index (χ1n) is 7.46. The van der Waals surface area contributed by atoms with E-state index in [1.807, 2.05) is 11.3 Å². The third-order valence-corrected chi connectivity index (χ3v) is 8.53. The fraction of sp³-hybridized carbons (Fsp3) is 0.750. The van der Waals surface area contributed by atoms with Crippen LogP contribution >= 0.6 is 38.9 Å². The molecular weight excluding hydrogens is 340 g/mol. The van der Waals surface area contributed by atoms with Crippen LogP contribution in [-0.2, 0) is 0 Å². The third-order valence-electron chi connectivity index (χ3n) is 5.69. The Hall–Kier alpha value is 0.470. The first-order chi connectivity index (χ1) is 9.06. The molecule has 5 rings (SSSR count). The van der Waals surface area contributed by atoms with Gasteiger partial charge in [0.05, 0.1) is 5.38 Å². The Bertz CT molecular complexity index is 472. The van der Waals surface area contributed by atoms with Gasteiger partial charge in [0, 0.05) is 14.2 Å². The van der Waals surface area contributed by atoms with Crippen LogP contribution in [0.5, 0.6) is 0 Å². The van der Waals surface area contributed by atoms with Crippen LogP contribution < -0.4 is 0 Å². The molecule has 4 fully saturated rings. The summed E-state index contributed by atoms with van der Waals surface area (Å²) in [5, 5.41) is 0.231. The molecule has 1 atom stereocenters. The molecule has 4 bridgehead atoms. The molecule has 0 saturated heterocycles. The highest BCUT2D eigenvalue weighted by atomic mass is 79.9. The Morgan fingerprint density at radius 1 is 1.21 bits per heavy atom. The van der Waals surface area contributed by atoms with Crippen LogP contribution in [0.1, 0.15) is 53.7 Å². The van der Waals surface area contributed by atoms with Crippen LogP contribution in [0.4, 0.5) is 0 Å². The van der Waals surface area contributed by atoms with Gasteiger partial charge < -0.3 is 0 Å². The van der Waals surface area contributed by atoms with Gasteiger partial charge in [0.15, 0.2) is 0 Å². The third kappa shape index (κ3) is 2.05. The lowest BCUT2D eigenvalue weighted by Gasteiger charge is -2.58. The van der Waals surface area contributed by atoms with Crippen molar-refractivity contribution in [3.05, 3.63) is 20.3 Å². The summed E-state index contributed by atoms with van der Waals surface area (Å²) in [6, 6.07) is 2.23. The van der Waals surface area contributed by atoms with Crippen LogP contribution in [-0.4, -0.2) is 0 Å². The summed E-state index contributed by atoms with van der Waals surface area (Å²) in [6.45, 7) is 2.18. The van der Waals surface area contributed by atoms with Crippen molar-refractivity contribution in [3.63, 3.8) is 0 Å². The monoisotopic (exact) mass is 358 g/mol. The quantitative estimate of drug-likeness (QED) is 0.542. The molecule has 0 aliphatic heterocycles. The van der Waals surface area contributed by atoms with Crippen LogP contribution in [0.15, 0.2) is 10.5 Å². The zero-order chi connectivity index (χ0) is 13.2. The number of halogens is 2. The zero-order valence-electron chi connectivity index (χ0n) is 11.3. The number of hydrogen-bond donors (Lipinski definition) is 0. The SMILES string of the molecule is Cc1cc(Br)c(C(Cl)C23CC4CC(CC(C4)C2)C3)s1. The number of thiophene rings is 1. The Kier molecular flexibility index (Phi) is 3.10. The van der Waals surface area contributed by atoms with Gasteiger partial charge in [-0.15, -0.1) is 22.9 Å². The van der Waals surface area contributed by atoms with Crippen molar-refractivity contribution in [2.24, 2.45) is 23.2 Å². The Morgan fingerprint density at radius 2 is 1.74 bits per heavy atom. The topological polar surface area (TPSA) is 0 Å². The molecule has 4 saturated carbocycles. The minimum Gasteiger partial charge on any atom is -0.143 e. The normalized spacial score (nSPS) is 41.7. The summed E-state index contributed by atoms with van der Waals surface area (Å²) in [5.74, 6) is 2.94. The molecule has 0 amide bonds. The van der Waals surface area contributed by atoms with Gasteiger partial charge in [-0.2, -0.15) is 0 Å². The second-order valence-corrected chi connectivity index (χ2v) is 9.79. The van der Waals surface area contributed by atoms with Crippen LogP contribution in [0.3, 0.4) is 0 Å². The summed E-state index contributed by atoms with van der Waals surface area (Å²) < 4.78 is 1.24. The second-order valence-electron chi connectivity index (χ2n) is 7.21. The van der Waals surface area contributed by atoms with E-state index in [4.69, 9.17) is 11.6 Å². The summed E-state index contributed by atoms with van der Waals surface area (Å²) >= 11 is 12.6. The van der Waals surface area contributed by atoms with E-state index < -0.39 is 0 Å². The lowest BCUT2D eigenvalue weighted by atomic mass is 9.48. The minimum atomic E-state index is 0.231. The predicted molar refractivity (Wildman–Crippen MR) is 86.0 cm³/mol. The first-order valence-corrected chi connectivity index (χ1v) is 9.50. The molecule has 104 valence electrons. The summed E-state index contributed by atoms with van der Waals surface area (Å²) in [5.41, 5.74) is 0.413. The lowest BCUT2D eigenvalue weighted by molar-refractivity contribution is -0.0548. The van der Waals surface area contributed by atoms with Crippen molar-refractivity contribution < 1.29 is 0 Å². The van der Waals surface area contributed by atoms with E-state index in [0.29, 0.717) is 5.41 Å². The molecule has 1 aromatic heterocycles. The predicted octanol–water partition coefficient (Wildman–Crippen LogP) is 6.32. The van der Waals surface area contributed by atoms with Gasteiger partial charge in [-0.1, -0.05) is 0 Å². The maximum Gasteiger partial charge on any atom is 0.0746 e. The maximum atomic E-state index is 7.03. The van der Waals surface area contributed by atoms with Crippen molar-refractivity contribution >= 4 is 38.9 Å². The largest absolute Gasteiger partial charge is 0.143 e. The zero-order valence-corrected chi connectivity index (χ0v) is 14.5. The van der Waals surface area contributed by atoms with Gasteiger partial charge in [0.1, 0.15) is 0 Å². The van der Waals surface area contributed by atoms with Crippen LogP contribution in [0.2, 0.25) is 0 Å². The van der Waals surface area contributed by atoms with Crippen molar-refractivity contribution in [2.75, 3.05) is 0 Å². The van der Waals surface area contributed by atoms with Crippen molar-refractivity contribution in [1.82, 2.24) is 0 Å². The van der Waals surface area contributed by atoms with Crippen molar-refractivity contribution in [3.8, 4) is 0 Å². The maximum absolute atomic E-state index is 7.03. The molecule has 0 N–H and O–H groups in total. The Morgan fingerprint density at radius 3 is 2.16 bits per heavy atom. The number of rotatable bonds is 2. The van der Waals surface area contributed by atoms with E-state index in [9.17, 15) is 0 Å². The highest BCUT2D eigenvalue weighted by Crippen LogP contribution is 2.66. The number of aryl methyl sites for hydroxylation is 1. The molecule has 1 aromatic rings. The fourth-order valence-corrected chi connectivity index (χ4v) is 8.09. The van der Waals surface area contributed by atoms with E-state index in [2.05, 4.69) is 28.9 Å². The molecule has 0 aromatic carbocycles. The molecule has 0 radical (unpaired) electrons. The highest BCUT2D eigenvalue weighted by molar-refractivity contribution is 9.10. The van der Waals surface area contributed by atoms with Crippen molar-refractivity contribution in [2.45, 2.75) is 50.8 Å². The molecule has 4 aliphatic carbocycles. The van der Waals surface area contributed by atoms with Gasteiger partial charge in [-0.25, -0.2) is 0 Å². The Balaban J connectivity index is 1.69. The van der Waals surface area contributed by atoms with Gasteiger partial charge in [-0.3, -0.25) is 0 Å². The van der Waals surface area contributed by atoms with Gasteiger partial charge in [0.2, 0.25) is 0 Å². The molecule has 1 heterocycles. The van der Waals surface area contributed by atoms with E-state index in [0.717, 1.165) is 17.8 Å².